The van der Waals surface area contributed by atoms with E-state index in [1.54, 1.807) is 11.9 Å². The Morgan fingerprint density at radius 3 is 2.61 bits per heavy atom. The quantitative estimate of drug-likeness (QED) is 0.482. The van der Waals surface area contributed by atoms with Crippen LogP contribution >= 0.6 is 0 Å². The Labute approximate surface area is 108 Å². The minimum Gasteiger partial charge on any atom is -0.381 e. The van der Waals surface area contributed by atoms with Crippen molar-refractivity contribution in [3.63, 3.8) is 0 Å². The van der Waals surface area contributed by atoms with E-state index in [-0.39, 0.29) is 11.9 Å². The summed E-state index contributed by atoms with van der Waals surface area (Å²) in [5.74, 6) is 0.0462. The second-order valence-electron chi connectivity index (χ2n) is 4.89. The molecule has 6 heteroatoms. The number of amides is 1. The maximum Gasteiger partial charge on any atom is 0.228 e. The second kappa shape index (κ2) is 6.58. The number of ether oxygens (including phenoxy) is 1. The molecule has 0 saturated carbocycles. The number of carbonyl (C=O) groups excluding carboxylic acids is 1. The molecule has 104 valence electrons. The zero-order valence-corrected chi connectivity index (χ0v) is 11.3. The molecule has 0 aromatic rings. The van der Waals surface area contributed by atoms with Crippen LogP contribution in [0.25, 0.3) is 0 Å². The Hall–Kier alpha value is -1.30. The molecule has 0 bridgehead atoms. The average Bonchev–Trinajstić information content (AvgIpc) is 2.36. The maximum absolute atomic E-state index is 12.3. The summed E-state index contributed by atoms with van der Waals surface area (Å²) in [4.78, 5) is 14.0. The first-order valence-corrected chi connectivity index (χ1v) is 6.43. The molecule has 1 saturated heterocycles. The van der Waals surface area contributed by atoms with Crippen molar-refractivity contribution in [3.05, 3.63) is 0 Å². The number of nitrogens with one attached hydrogen (secondary N) is 2. The number of nitrogens with two attached hydrogens (primary N) is 1. The van der Waals surface area contributed by atoms with Gasteiger partial charge in [0, 0.05) is 33.4 Å². The molecule has 4 N–H and O–H groups in total. The Morgan fingerprint density at radius 2 is 2.11 bits per heavy atom. The predicted molar refractivity (Wildman–Crippen MR) is 70.3 cm³/mol. The van der Waals surface area contributed by atoms with Crippen LogP contribution in [0.1, 0.15) is 26.2 Å². The van der Waals surface area contributed by atoms with Crippen molar-refractivity contribution in [2.24, 2.45) is 11.1 Å². The van der Waals surface area contributed by atoms with Crippen LogP contribution in [0.3, 0.4) is 0 Å². The first-order valence-electron chi connectivity index (χ1n) is 6.43. The summed E-state index contributed by atoms with van der Waals surface area (Å²) in [6.07, 6.45) is 2.28. The highest BCUT2D eigenvalue weighted by molar-refractivity contribution is 5.84. The third kappa shape index (κ3) is 3.60. The predicted octanol–water partition coefficient (Wildman–Crippen LogP) is 0.135. The Balaban J connectivity index is 2.74. The van der Waals surface area contributed by atoms with Gasteiger partial charge < -0.3 is 20.7 Å². The number of nitrogens with zero attached hydrogens (tertiary/aromatic N) is 1. The summed E-state index contributed by atoms with van der Waals surface area (Å²) in [5, 5.41) is 10.4. The molecule has 0 aromatic carbocycles. The maximum atomic E-state index is 12.3. The van der Waals surface area contributed by atoms with E-state index in [2.05, 4.69) is 5.32 Å². The molecule has 0 aliphatic carbocycles. The van der Waals surface area contributed by atoms with Crippen molar-refractivity contribution in [3.8, 4) is 0 Å². The van der Waals surface area contributed by atoms with Crippen molar-refractivity contribution < 1.29 is 9.53 Å². The van der Waals surface area contributed by atoms with Crippen LogP contribution in [0.2, 0.25) is 0 Å². The highest BCUT2D eigenvalue weighted by atomic mass is 16.5. The van der Waals surface area contributed by atoms with E-state index in [9.17, 15) is 4.79 Å². The highest BCUT2D eigenvalue weighted by Gasteiger charge is 2.41. The van der Waals surface area contributed by atoms with Crippen molar-refractivity contribution in [1.82, 2.24) is 10.2 Å². The van der Waals surface area contributed by atoms with E-state index in [0.717, 1.165) is 6.42 Å². The molecule has 0 unspecified atom stereocenters. The summed E-state index contributed by atoms with van der Waals surface area (Å²) < 4.78 is 5.34. The monoisotopic (exact) mass is 256 g/mol. The van der Waals surface area contributed by atoms with Gasteiger partial charge in [0.05, 0.1) is 5.41 Å². The van der Waals surface area contributed by atoms with Gasteiger partial charge in [0.25, 0.3) is 0 Å². The highest BCUT2D eigenvalue weighted by Crippen LogP contribution is 2.31. The van der Waals surface area contributed by atoms with Gasteiger partial charge in [-0.2, -0.15) is 0 Å². The van der Waals surface area contributed by atoms with Crippen LogP contribution in [0.5, 0.6) is 0 Å². The standard InChI is InChI=1S/C12H24N4O2/c1-3-6-15-10(17)12(4-7-18-8-5-12)9-16(2)11(13)14/h3-9H2,1-2H3,(H3,13,14)(H,15,17). The molecule has 0 atom stereocenters. The fourth-order valence-electron chi connectivity index (χ4n) is 2.18. The molecule has 18 heavy (non-hydrogen) atoms. The molecule has 1 aliphatic heterocycles. The van der Waals surface area contributed by atoms with E-state index in [4.69, 9.17) is 15.9 Å². The van der Waals surface area contributed by atoms with Crippen LogP contribution in [-0.2, 0) is 9.53 Å². The first kappa shape index (κ1) is 14.8. The summed E-state index contributed by atoms with van der Waals surface area (Å²) >= 11 is 0. The lowest BCUT2D eigenvalue weighted by Gasteiger charge is -2.38. The Bertz CT molecular complexity index is 300. The molecule has 1 amide bonds. The van der Waals surface area contributed by atoms with Gasteiger partial charge in [-0.05, 0) is 19.3 Å². The van der Waals surface area contributed by atoms with Crippen LogP contribution in [0, 0.1) is 10.8 Å². The van der Waals surface area contributed by atoms with Crippen molar-refractivity contribution >= 4 is 11.9 Å². The first-order chi connectivity index (χ1) is 8.52. The van der Waals surface area contributed by atoms with Gasteiger partial charge in [0.1, 0.15) is 0 Å². The third-order valence-corrected chi connectivity index (χ3v) is 3.42. The second-order valence-corrected chi connectivity index (χ2v) is 4.89. The van der Waals surface area contributed by atoms with Gasteiger partial charge in [-0.15, -0.1) is 0 Å². The summed E-state index contributed by atoms with van der Waals surface area (Å²) in [6, 6.07) is 0. The number of carbonyl (C=O) groups is 1. The minimum atomic E-state index is -0.478. The molecule has 6 nitrogen and oxygen atoms in total. The number of hydrogen-bond acceptors (Lipinski definition) is 3. The summed E-state index contributed by atoms with van der Waals surface area (Å²) in [6.45, 7) is 4.36. The van der Waals surface area contributed by atoms with Gasteiger partial charge >= 0.3 is 0 Å². The van der Waals surface area contributed by atoms with Gasteiger partial charge in [-0.3, -0.25) is 10.2 Å². The fraction of sp³-hybridized carbons (Fsp3) is 0.833. The lowest BCUT2D eigenvalue weighted by molar-refractivity contribution is -0.137. The van der Waals surface area contributed by atoms with Crippen LogP contribution in [-0.4, -0.2) is 50.1 Å². The molecular formula is C12H24N4O2. The van der Waals surface area contributed by atoms with Crippen molar-refractivity contribution in [2.75, 3.05) is 33.4 Å². The van der Waals surface area contributed by atoms with Gasteiger partial charge in [0.2, 0.25) is 5.91 Å². The van der Waals surface area contributed by atoms with E-state index in [0.29, 0.717) is 39.1 Å². The van der Waals surface area contributed by atoms with Gasteiger partial charge in [-0.1, -0.05) is 6.92 Å². The topological polar surface area (TPSA) is 91.4 Å². The molecule has 1 fully saturated rings. The minimum absolute atomic E-state index is 0.0100. The smallest absolute Gasteiger partial charge is 0.228 e. The van der Waals surface area contributed by atoms with E-state index in [1.807, 2.05) is 6.92 Å². The third-order valence-electron chi connectivity index (χ3n) is 3.42. The van der Waals surface area contributed by atoms with Crippen molar-refractivity contribution in [2.45, 2.75) is 26.2 Å². The Kier molecular flexibility index (Phi) is 5.40. The summed E-state index contributed by atoms with van der Waals surface area (Å²) in [7, 11) is 1.74. The molecule has 1 aliphatic rings. The zero-order valence-electron chi connectivity index (χ0n) is 11.3. The van der Waals surface area contributed by atoms with Crippen LogP contribution in [0.15, 0.2) is 0 Å². The largest absolute Gasteiger partial charge is 0.381 e. The molecule has 0 spiro atoms. The van der Waals surface area contributed by atoms with Crippen molar-refractivity contribution in [1.29, 1.82) is 5.41 Å². The number of hydrogen-bond donors (Lipinski definition) is 3. The van der Waals surface area contributed by atoms with E-state index in [1.165, 1.54) is 0 Å². The van der Waals surface area contributed by atoms with Crippen LogP contribution < -0.4 is 11.1 Å². The lowest BCUT2D eigenvalue weighted by Crippen LogP contribution is -2.52. The SMILES string of the molecule is CCCNC(=O)C1(CN(C)C(=N)N)CCOCC1. The van der Waals surface area contributed by atoms with Crippen LogP contribution in [0.4, 0.5) is 0 Å². The normalized spacial score (nSPS) is 18.1. The molecule has 1 heterocycles. The summed E-state index contributed by atoms with van der Waals surface area (Å²) in [5.41, 5.74) is 4.98. The molecule has 1 rings (SSSR count). The number of guanidine groups is 1. The van der Waals surface area contributed by atoms with Gasteiger partial charge in [-0.25, -0.2) is 0 Å². The van der Waals surface area contributed by atoms with Gasteiger partial charge in [0.15, 0.2) is 5.96 Å². The fourth-order valence-corrected chi connectivity index (χ4v) is 2.18. The average molecular weight is 256 g/mol. The van der Waals surface area contributed by atoms with E-state index >= 15 is 0 Å². The lowest BCUT2D eigenvalue weighted by atomic mass is 9.78. The number of rotatable bonds is 5. The molecule has 0 aromatic heterocycles. The molecular weight excluding hydrogens is 232 g/mol. The molecule has 0 radical (unpaired) electrons. The zero-order chi connectivity index (χ0) is 13.6. The van der Waals surface area contributed by atoms with E-state index < -0.39 is 5.41 Å². The Morgan fingerprint density at radius 1 is 1.50 bits per heavy atom.